The van der Waals surface area contributed by atoms with Crippen molar-refractivity contribution in [2.24, 2.45) is 5.92 Å². The van der Waals surface area contributed by atoms with E-state index < -0.39 is 0 Å². The monoisotopic (exact) mass is 185 g/mol. The van der Waals surface area contributed by atoms with E-state index in [0.29, 0.717) is 0 Å². The van der Waals surface area contributed by atoms with Gasteiger partial charge < -0.3 is 5.32 Å². The van der Waals surface area contributed by atoms with Gasteiger partial charge in [0.25, 0.3) is 0 Å². The van der Waals surface area contributed by atoms with E-state index in [-0.39, 0.29) is 0 Å². The number of hydrogen-bond acceptors (Lipinski definition) is 2. The fraction of sp³-hybridized carbons (Fsp3) is 1.00. The summed E-state index contributed by atoms with van der Waals surface area (Å²) in [6.07, 6.45) is 5.65. The minimum Gasteiger partial charge on any atom is -0.310 e. The van der Waals surface area contributed by atoms with Crippen LogP contribution in [-0.4, -0.2) is 23.6 Å². The number of rotatable bonds is 3. The molecule has 0 radical (unpaired) electrons. The van der Waals surface area contributed by atoms with Crippen LogP contribution < -0.4 is 5.32 Å². The third-order valence-electron chi connectivity index (χ3n) is 3.06. The summed E-state index contributed by atoms with van der Waals surface area (Å²) in [5.41, 5.74) is 0. The van der Waals surface area contributed by atoms with Gasteiger partial charge in [-0.25, -0.2) is 0 Å². The second kappa shape index (κ2) is 4.01. The molecule has 0 amide bonds. The Morgan fingerprint density at radius 3 is 3.00 bits per heavy atom. The van der Waals surface area contributed by atoms with Gasteiger partial charge in [0.05, 0.1) is 0 Å². The molecule has 1 saturated carbocycles. The number of thioether (sulfide) groups is 1. The predicted octanol–water partition coefficient (Wildman–Crippen LogP) is 2.27. The van der Waals surface area contributed by atoms with Crippen molar-refractivity contribution in [2.75, 3.05) is 11.5 Å². The van der Waals surface area contributed by atoms with Crippen LogP contribution in [0.5, 0.6) is 0 Å². The van der Waals surface area contributed by atoms with Gasteiger partial charge in [-0.3, -0.25) is 0 Å². The van der Waals surface area contributed by atoms with Crippen LogP contribution in [-0.2, 0) is 0 Å². The molecule has 3 atom stereocenters. The summed E-state index contributed by atoms with van der Waals surface area (Å²) in [6.45, 7) is 2.31. The van der Waals surface area contributed by atoms with E-state index in [1.54, 1.807) is 0 Å². The molecule has 1 aliphatic heterocycles. The molecule has 0 aromatic rings. The standard InChI is InChI=1S/C10H19NS/c1-2-8-6-10(8)11-9-4-3-5-12-7-9/h8-11H,2-7H2,1H3. The topological polar surface area (TPSA) is 12.0 Å². The second-order valence-electron chi connectivity index (χ2n) is 4.09. The number of nitrogens with one attached hydrogen (secondary N) is 1. The van der Waals surface area contributed by atoms with Gasteiger partial charge in [-0.05, 0) is 30.9 Å². The van der Waals surface area contributed by atoms with E-state index >= 15 is 0 Å². The van der Waals surface area contributed by atoms with E-state index in [1.807, 2.05) is 0 Å². The first-order chi connectivity index (χ1) is 5.90. The lowest BCUT2D eigenvalue weighted by molar-refractivity contribution is 0.487. The van der Waals surface area contributed by atoms with Crippen LogP contribution in [0, 0.1) is 5.92 Å². The Kier molecular flexibility index (Phi) is 2.97. The van der Waals surface area contributed by atoms with Crippen molar-refractivity contribution in [3.05, 3.63) is 0 Å². The van der Waals surface area contributed by atoms with Crippen LogP contribution in [0.1, 0.15) is 32.6 Å². The summed E-state index contributed by atoms with van der Waals surface area (Å²) in [6, 6.07) is 1.73. The zero-order valence-electron chi connectivity index (χ0n) is 7.88. The van der Waals surface area contributed by atoms with Crippen LogP contribution in [0.15, 0.2) is 0 Å². The SMILES string of the molecule is CCC1CC1NC1CCCSC1. The van der Waals surface area contributed by atoms with E-state index in [2.05, 4.69) is 24.0 Å². The van der Waals surface area contributed by atoms with Gasteiger partial charge in [-0.15, -0.1) is 0 Å². The quantitative estimate of drug-likeness (QED) is 0.724. The summed E-state index contributed by atoms with van der Waals surface area (Å²) in [5.74, 6) is 3.75. The lowest BCUT2D eigenvalue weighted by Crippen LogP contribution is -2.36. The van der Waals surface area contributed by atoms with Crippen LogP contribution in [0.3, 0.4) is 0 Å². The van der Waals surface area contributed by atoms with E-state index in [9.17, 15) is 0 Å². The predicted molar refractivity (Wildman–Crippen MR) is 55.7 cm³/mol. The molecule has 0 bridgehead atoms. The van der Waals surface area contributed by atoms with Crippen LogP contribution in [0.25, 0.3) is 0 Å². The molecule has 3 unspecified atom stereocenters. The van der Waals surface area contributed by atoms with Gasteiger partial charge in [-0.2, -0.15) is 11.8 Å². The molecule has 0 aromatic carbocycles. The highest BCUT2D eigenvalue weighted by Gasteiger charge is 2.36. The molecule has 70 valence electrons. The van der Waals surface area contributed by atoms with Crippen molar-refractivity contribution >= 4 is 11.8 Å². The highest BCUT2D eigenvalue weighted by molar-refractivity contribution is 7.99. The van der Waals surface area contributed by atoms with Crippen molar-refractivity contribution in [1.29, 1.82) is 0 Å². The molecule has 0 aromatic heterocycles. The zero-order valence-corrected chi connectivity index (χ0v) is 8.70. The third-order valence-corrected chi connectivity index (χ3v) is 4.27. The highest BCUT2D eigenvalue weighted by atomic mass is 32.2. The molecule has 12 heavy (non-hydrogen) atoms. The summed E-state index contributed by atoms with van der Waals surface area (Å²) in [7, 11) is 0. The van der Waals surface area contributed by atoms with Crippen molar-refractivity contribution in [1.82, 2.24) is 5.32 Å². The Hall–Kier alpha value is 0.310. The summed E-state index contributed by atoms with van der Waals surface area (Å²) in [4.78, 5) is 0. The van der Waals surface area contributed by atoms with Crippen LogP contribution >= 0.6 is 11.8 Å². The Labute approximate surface area is 79.7 Å². The van der Waals surface area contributed by atoms with Gasteiger partial charge in [0.15, 0.2) is 0 Å². The second-order valence-corrected chi connectivity index (χ2v) is 5.24. The molecule has 2 aliphatic rings. The van der Waals surface area contributed by atoms with Crippen molar-refractivity contribution in [3.8, 4) is 0 Å². The zero-order chi connectivity index (χ0) is 8.39. The van der Waals surface area contributed by atoms with Gasteiger partial charge in [0.2, 0.25) is 0 Å². The smallest absolute Gasteiger partial charge is 0.0161 e. The molecule has 1 N–H and O–H groups in total. The van der Waals surface area contributed by atoms with Gasteiger partial charge in [-0.1, -0.05) is 13.3 Å². The summed E-state index contributed by atoms with van der Waals surface area (Å²) in [5, 5.41) is 3.77. The lowest BCUT2D eigenvalue weighted by Gasteiger charge is -2.22. The average Bonchev–Trinajstić information content (AvgIpc) is 2.85. The van der Waals surface area contributed by atoms with Gasteiger partial charge in [0, 0.05) is 17.8 Å². The molecule has 2 heteroatoms. The van der Waals surface area contributed by atoms with Crippen molar-refractivity contribution in [2.45, 2.75) is 44.7 Å². The van der Waals surface area contributed by atoms with E-state index in [1.165, 1.54) is 37.2 Å². The Balaban J connectivity index is 1.66. The molecular weight excluding hydrogens is 166 g/mol. The van der Waals surface area contributed by atoms with Crippen LogP contribution in [0.4, 0.5) is 0 Å². The van der Waals surface area contributed by atoms with Crippen molar-refractivity contribution in [3.63, 3.8) is 0 Å². The Morgan fingerprint density at radius 2 is 2.42 bits per heavy atom. The molecule has 1 saturated heterocycles. The first kappa shape index (κ1) is 8.89. The molecule has 1 aliphatic carbocycles. The average molecular weight is 185 g/mol. The summed E-state index contributed by atoms with van der Waals surface area (Å²) < 4.78 is 0. The molecule has 0 spiro atoms. The molecule has 2 rings (SSSR count). The maximum Gasteiger partial charge on any atom is 0.0161 e. The first-order valence-corrected chi connectivity index (χ1v) is 6.39. The maximum atomic E-state index is 3.77. The van der Waals surface area contributed by atoms with Gasteiger partial charge >= 0.3 is 0 Å². The fourth-order valence-electron chi connectivity index (χ4n) is 2.08. The lowest BCUT2D eigenvalue weighted by atomic mass is 10.2. The minimum atomic E-state index is 0.838. The molecular formula is C10H19NS. The largest absolute Gasteiger partial charge is 0.310 e. The fourth-order valence-corrected chi connectivity index (χ4v) is 3.16. The maximum absolute atomic E-state index is 3.77. The third kappa shape index (κ3) is 2.17. The minimum absolute atomic E-state index is 0.838. The number of hydrogen-bond donors (Lipinski definition) is 1. The normalized spacial score (nSPS) is 41.2. The molecule has 1 nitrogen and oxygen atoms in total. The van der Waals surface area contributed by atoms with E-state index in [0.717, 1.165) is 18.0 Å². The molecule has 2 fully saturated rings. The Morgan fingerprint density at radius 1 is 1.50 bits per heavy atom. The summed E-state index contributed by atoms with van der Waals surface area (Å²) >= 11 is 2.12. The van der Waals surface area contributed by atoms with Gasteiger partial charge in [0.1, 0.15) is 0 Å². The molecule has 1 heterocycles. The van der Waals surface area contributed by atoms with E-state index in [4.69, 9.17) is 0 Å². The Bertz CT molecular complexity index is 143. The van der Waals surface area contributed by atoms with Crippen LogP contribution in [0.2, 0.25) is 0 Å². The van der Waals surface area contributed by atoms with Crippen molar-refractivity contribution < 1.29 is 0 Å². The first-order valence-electron chi connectivity index (χ1n) is 5.24. The highest BCUT2D eigenvalue weighted by Crippen LogP contribution is 2.34.